The Kier molecular flexibility index (Phi) is 4.10. The fourth-order valence-electron chi connectivity index (χ4n) is 2.98. The molecule has 8 nitrogen and oxygen atoms in total. The summed E-state index contributed by atoms with van der Waals surface area (Å²) in [4.78, 5) is 25.1. The number of aromatic nitrogens is 3. The molecule has 2 fully saturated rings. The molecule has 2 heterocycles. The molecular formula is C14H20N4O4. The summed E-state index contributed by atoms with van der Waals surface area (Å²) in [6, 6.07) is 0.0894. The first-order chi connectivity index (χ1) is 10.6. The highest BCUT2D eigenvalue weighted by atomic mass is 16.5. The molecule has 1 aliphatic carbocycles. The molecule has 3 rings (SSSR count). The van der Waals surface area contributed by atoms with Crippen molar-refractivity contribution in [3.05, 3.63) is 11.9 Å². The van der Waals surface area contributed by atoms with Gasteiger partial charge in [0.05, 0.1) is 12.2 Å². The average Bonchev–Trinajstić information content (AvgIpc) is 3.23. The number of nitrogens with zero attached hydrogens (tertiary/aromatic N) is 4. The summed E-state index contributed by atoms with van der Waals surface area (Å²) in [6.07, 6.45) is 4.77. The molecule has 1 N–H and O–H groups in total. The van der Waals surface area contributed by atoms with E-state index < -0.39 is 5.97 Å². The number of ether oxygens (including phenoxy) is 1. The van der Waals surface area contributed by atoms with Gasteiger partial charge in [-0.1, -0.05) is 5.21 Å². The number of aromatic carboxylic acids is 1. The van der Waals surface area contributed by atoms with Gasteiger partial charge in [-0.3, -0.25) is 4.79 Å². The van der Waals surface area contributed by atoms with E-state index in [0.717, 1.165) is 25.7 Å². The van der Waals surface area contributed by atoms with Crippen LogP contribution in [0.1, 0.15) is 42.2 Å². The highest BCUT2D eigenvalue weighted by Crippen LogP contribution is 2.35. The molecule has 0 radical (unpaired) electrons. The van der Waals surface area contributed by atoms with Crippen molar-refractivity contribution in [2.75, 3.05) is 20.2 Å². The number of likely N-dealkylation sites (tertiary alicyclic amines) is 1. The van der Waals surface area contributed by atoms with Gasteiger partial charge >= 0.3 is 5.97 Å². The van der Waals surface area contributed by atoms with Gasteiger partial charge in [-0.2, -0.15) is 0 Å². The highest BCUT2D eigenvalue weighted by molar-refractivity contribution is 5.84. The van der Waals surface area contributed by atoms with Crippen molar-refractivity contribution < 1.29 is 19.4 Å². The molecule has 0 spiro atoms. The number of carbonyl (C=O) groups excluding carboxylic acids is 1. The minimum Gasteiger partial charge on any atom is -0.476 e. The molecular weight excluding hydrogens is 288 g/mol. The molecule has 1 aromatic rings. The topological polar surface area (TPSA) is 97.5 Å². The highest BCUT2D eigenvalue weighted by Gasteiger charge is 2.39. The summed E-state index contributed by atoms with van der Waals surface area (Å²) in [5.41, 5.74) is -0.0494. The molecule has 1 atom stereocenters. The van der Waals surface area contributed by atoms with E-state index in [1.165, 1.54) is 6.20 Å². The lowest BCUT2D eigenvalue weighted by atomic mass is 10.0. The maximum absolute atomic E-state index is 12.4. The largest absolute Gasteiger partial charge is 0.476 e. The Morgan fingerprint density at radius 1 is 1.32 bits per heavy atom. The van der Waals surface area contributed by atoms with E-state index in [4.69, 9.17) is 9.84 Å². The minimum absolute atomic E-state index is 0.0494. The lowest BCUT2D eigenvalue weighted by Crippen LogP contribution is -2.45. The van der Waals surface area contributed by atoms with E-state index in [1.807, 2.05) is 4.90 Å². The number of hydrogen-bond acceptors (Lipinski definition) is 5. The zero-order valence-electron chi connectivity index (χ0n) is 12.5. The predicted octanol–water partition coefficient (Wildman–Crippen LogP) is 0.565. The third-order valence-electron chi connectivity index (χ3n) is 4.43. The van der Waals surface area contributed by atoms with Gasteiger partial charge < -0.3 is 14.7 Å². The van der Waals surface area contributed by atoms with Crippen LogP contribution in [-0.2, 0) is 9.53 Å². The van der Waals surface area contributed by atoms with E-state index in [9.17, 15) is 9.59 Å². The summed E-state index contributed by atoms with van der Waals surface area (Å²) in [7, 11) is 1.59. The van der Waals surface area contributed by atoms with Crippen LogP contribution in [0.25, 0.3) is 0 Å². The molecule has 8 heteroatoms. The summed E-state index contributed by atoms with van der Waals surface area (Å²) < 4.78 is 6.94. The van der Waals surface area contributed by atoms with Crippen molar-refractivity contribution in [2.45, 2.75) is 37.8 Å². The molecule has 1 saturated heterocycles. The van der Waals surface area contributed by atoms with Crippen molar-refractivity contribution in [1.29, 1.82) is 0 Å². The van der Waals surface area contributed by atoms with Crippen molar-refractivity contribution in [1.82, 2.24) is 19.9 Å². The Hall–Kier alpha value is -1.96. The first-order valence-electron chi connectivity index (χ1n) is 7.57. The molecule has 0 bridgehead atoms. The average molecular weight is 308 g/mol. The van der Waals surface area contributed by atoms with E-state index in [-0.39, 0.29) is 23.7 Å². The number of rotatable bonds is 5. The lowest BCUT2D eigenvalue weighted by Gasteiger charge is -2.33. The van der Waals surface area contributed by atoms with Gasteiger partial charge in [0.2, 0.25) is 0 Å². The number of methoxy groups -OCH3 is 1. The summed E-state index contributed by atoms with van der Waals surface area (Å²) in [6.45, 7) is 1.27. The second kappa shape index (κ2) is 6.04. The van der Waals surface area contributed by atoms with Crippen LogP contribution in [0, 0.1) is 5.92 Å². The lowest BCUT2D eigenvalue weighted by molar-refractivity contribution is -0.144. The normalized spacial score (nSPS) is 20.9. The van der Waals surface area contributed by atoms with Gasteiger partial charge in [0, 0.05) is 20.2 Å². The fraction of sp³-hybridized carbons (Fsp3) is 0.714. The Morgan fingerprint density at radius 3 is 2.50 bits per heavy atom. The number of amides is 1. The SMILES string of the molecule is COC(C(=O)N1CCC(n2cc(C(=O)O)nn2)CC1)C1CC1. The molecule has 22 heavy (non-hydrogen) atoms. The number of carboxylic acids is 1. The van der Waals surface area contributed by atoms with Gasteiger partial charge in [-0.25, -0.2) is 9.48 Å². The smallest absolute Gasteiger partial charge is 0.358 e. The maximum atomic E-state index is 12.4. The van der Waals surface area contributed by atoms with Crippen molar-refractivity contribution >= 4 is 11.9 Å². The van der Waals surface area contributed by atoms with Crippen molar-refractivity contribution in [3.63, 3.8) is 0 Å². The van der Waals surface area contributed by atoms with Crippen molar-refractivity contribution in [2.24, 2.45) is 5.92 Å². The van der Waals surface area contributed by atoms with Crippen LogP contribution in [0.15, 0.2) is 6.20 Å². The van der Waals surface area contributed by atoms with Gasteiger partial charge in [0.1, 0.15) is 6.10 Å². The minimum atomic E-state index is -1.08. The first kappa shape index (κ1) is 15.0. The quantitative estimate of drug-likeness (QED) is 0.854. The van der Waals surface area contributed by atoms with Crippen LogP contribution in [0.4, 0.5) is 0 Å². The predicted molar refractivity (Wildman–Crippen MR) is 75.4 cm³/mol. The molecule has 1 aliphatic heterocycles. The zero-order chi connectivity index (χ0) is 15.7. The second-order valence-electron chi connectivity index (χ2n) is 5.94. The van der Waals surface area contributed by atoms with Gasteiger partial charge in [-0.15, -0.1) is 5.10 Å². The first-order valence-corrected chi connectivity index (χ1v) is 7.57. The van der Waals surface area contributed by atoms with Crippen LogP contribution in [-0.4, -0.2) is 63.2 Å². The Bertz CT molecular complexity index is 561. The number of piperidine rings is 1. The summed E-state index contributed by atoms with van der Waals surface area (Å²) >= 11 is 0. The van der Waals surface area contributed by atoms with Gasteiger partial charge in [0.25, 0.3) is 5.91 Å². The standard InChI is InChI=1S/C14H20N4O4/c1-22-12(9-2-3-9)13(19)17-6-4-10(5-7-17)18-8-11(14(20)21)15-16-18/h8-10,12H,2-7H2,1H3,(H,20,21). The number of carbonyl (C=O) groups is 2. The zero-order valence-corrected chi connectivity index (χ0v) is 12.5. The van der Waals surface area contributed by atoms with Crippen LogP contribution < -0.4 is 0 Å². The van der Waals surface area contributed by atoms with Crippen LogP contribution >= 0.6 is 0 Å². The maximum Gasteiger partial charge on any atom is 0.358 e. The molecule has 1 unspecified atom stereocenters. The third-order valence-corrected chi connectivity index (χ3v) is 4.43. The van der Waals surface area contributed by atoms with Crippen molar-refractivity contribution in [3.8, 4) is 0 Å². The van der Waals surface area contributed by atoms with Crippen LogP contribution in [0.5, 0.6) is 0 Å². The number of hydrogen-bond donors (Lipinski definition) is 1. The van der Waals surface area contributed by atoms with E-state index >= 15 is 0 Å². The van der Waals surface area contributed by atoms with E-state index in [2.05, 4.69) is 10.3 Å². The fourth-order valence-corrected chi connectivity index (χ4v) is 2.98. The number of carboxylic acid groups (broad SMARTS) is 1. The Labute approximate surface area is 128 Å². The third kappa shape index (κ3) is 2.96. The van der Waals surface area contributed by atoms with E-state index in [1.54, 1.807) is 11.8 Å². The van der Waals surface area contributed by atoms with Crippen LogP contribution in [0.3, 0.4) is 0 Å². The molecule has 1 aromatic heterocycles. The molecule has 1 saturated carbocycles. The molecule has 0 aromatic carbocycles. The molecule has 2 aliphatic rings. The second-order valence-corrected chi connectivity index (χ2v) is 5.94. The van der Waals surface area contributed by atoms with Gasteiger partial charge in [-0.05, 0) is 31.6 Å². The molecule has 1 amide bonds. The monoisotopic (exact) mass is 308 g/mol. The summed E-state index contributed by atoms with van der Waals surface area (Å²) in [5.74, 6) is -0.622. The summed E-state index contributed by atoms with van der Waals surface area (Å²) in [5, 5.41) is 16.4. The van der Waals surface area contributed by atoms with Crippen LogP contribution in [0.2, 0.25) is 0 Å². The molecule has 120 valence electrons. The van der Waals surface area contributed by atoms with Gasteiger partial charge in [0.15, 0.2) is 5.69 Å². The van der Waals surface area contributed by atoms with E-state index in [0.29, 0.717) is 19.0 Å². The Morgan fingerprint density at radius 2 is 2.00 bits per heavy atom. The Balaban J connectivity index is 1.57.